The molecule has 1 aliphatic rings. The fraction of sp³-hybridized carbons (Fsp3) is 0.263. The number of nitrogen functional groups attached to an aromatic ring is 1. The number of piperazine rings is 1. The number of carbonyl (C=O) groups excluding carboxylic acids is 1. The van der Waals surface area contributed by atoms with Crippen molar-refractivity contribution in [2.45, 2.75) is 0 Å². The summed E-state index contributed by atoms with van der Waals surface area (Å²) in [5.74, 6) is 1.57. The molecular formula is C19H19N7O2S. The number of nitrogens with zero attached hydrogens (tertiary/aromatic N) is 5. The minimum atomic E-state index is -0.157. The quantitative estimate of drug-likeness (QED) is 0.682. The number of nitriles is 1. The Morgan fingerprint density at radius 1 is 1.24 bits per heavy atom. The lowest BCUT2D eigenvalue weighted by atomic mass is 10.2. The van der Waals surface area contributed by atoms with Gasteiger partial charge >= 0.3 is 6.03 Å². The van der Waals surface area contributed by atoms with Gasteiger partial charge in [0.05, 0.1) is 18.1 Å². The van der Waals surface area contributed by atoms with E-state index in [1.807, 2.05) is 4.90 Å². The highest BCUT2D eigenvalue weighted by molar-refractivity contribution is 7.17. The van der Waals surface area contributed by atoms with Gasteiger partial charge in [0.25, 0.3) is 0 Å². The first-order chi connectivity index (χ1) is 14.1. The average Bonchev–Trinajstić information content (AvgIpc) is 3.16. The Labute approximate surface area is 171 Å². The average molecular weight is 409 g/mol. The molecule has 1 saturated heterocycles. The van der Waals surface area contributed by atoms with Gasteiger partial charge in [-0.1, -0.05) is 0 Å². The van der Waals surface area contributed by atoms with Crippen LogP contribution in [0.4, 0.5) is 22.2 Å². The van der Waals surface area contributed by atoms with E-state index in [2.05, 4.69) is 21.4 Å². The van der Waals surface area contributed by atoms with Crippen molar-refractivity contribution in [2.24, 2.45) is 0 Å². The van der Waals surface area contributed by atoms with Crippen molar-refractivity contribution in [1.29, 1.82) is 5.26 Å². The second-order valence-electron chi connectivity index (χ2n) is 6.48. The van der Waals surface area contributed by atoms with Crippen LogP contribution in [0.3, 0.4) is 0 Å². The molecule has 3 aromatic rings. The molecule has 148 valence electrons. The maximum absolute atomic E-state index is 12.6. The molecule has 2 aromatic heterocycles. The van der Waals surface area contributed by atoms with Crippen molar-refractivity contribution in [3.8, 4) is 11.8 Å². The van der Waals surface area contributed by atoms with E-state index in [1.54, 1.807) is 41.7 Å². The lowest BCUT2D eigenvalue weighted by molar-refractivity contribution is 0.208. The van der Waals surface area contributed by atoms with Crippen LogP contribution in [-0.2, 0) is 0 Å². The fourth-order valence-electron chi connectivity index (χ4n) is 3.25. The molecule has 0 radical (unpaired) electrons. The number of hydrogen-bond acceptors (Lipinski definition) is 8. The maximum Gasteiger partial charge on any atom is 0.321 e. The Kier molecular flexibility index (Phi) is 5.05. The lowest BCUT2D eigenvalue weighted by Gasteiger charge is -2.35. The van der Waals surface area contributed by atoms with Crippen LogP contribution in [0, 0.1) is 11.3 Å². The number of methoxy groups -OCH3 is 1. The van der Waals surface area contributed by atoms with Crippen molar-refractivity contribution < 1.29 is 9.53 Å². The van der Waals surface area contributed by atoms with Gasteiger partial charge < -0.3 is 25.6 Å². The molecule has 0 aliphatic carbocycles. The topological polar surface area (TPSA) is 120 Å². The summed E-state index contributed by atoms with van der Waals surface area (Å²) < 4.78 is 5.13. The Balaban J connectivity index is 1.45. The fourth-order valence-corrected chi connectivity index (χ4v) is 4.11. The van der Waals surface area contributed by atoms with Crippen LogP contribution in [-0.4, -0.2) is 54.2 Å². The Hall–Kier alpha value is -3.58. The van der Waals surface area contributed by atoms with Crippen molar-refractivity contribution in [3.05, 3.63) is 35.2 Å². The van der Waals surface area contributed by atoms with Gasteiger partial charge in [-0.05, 0) is 24.3 Å². The SMILES string of the molecule is COc1ccc(NC(=O)N2CCN(c3nc(N)nc4scc(C#N)c34)CC2)cc1. The predicted octanol–water partition coefficient (Wildman–Crippen LogP) is 2.51. The van der Waals surface area contributed by atoms with Gasteiger partial charge in [0.2, 0.25) is 5.95 Å². The monoisotopic (exact) mass is 409 g/mol. The number of amides is 2. The number of benzene rings is 1. The van der Waals surface area contributed by atoms with Gasteiger partial charge in [0, 0.05) is 37.2 Å². The molecule has 3 N–H and O–H groups in total. The van der Waals surface area contributed by atoms with Crippen LogP contribution in [0.1, 0.15) is 5.56 Å². The number of ether oxygens (including phenoxy) is 1. The lowest BCUT2D eigenvalue weighted by Crippen LogP contribution is -2.50. The van der Waals surface area contributed by atoms with Crippen LogP contribution in [0.2, 0.25) is 0 Å². The molecule has 29 heavy (non-hydrogen) atoms. The smallest absolute Gasteiger partial charge is 0.321 e. The molecule has 3 heterocycles. The normalized spacial score (nSPS) is 13.9. The molecule has 0 atom stereocenters. The maximum atomic E-state index is 12.6. The summed E-state index contributed by atoms with van der Waals surface area (Å²) in [6.45, 7) is 2.23. The summed E-state index contributed by atoms with van der Waals surface area (Å²) in [5, 5.41) is 14.8. The van der Waals surface area contributed by atoms with Gasteiger partial charge in [-0.25, -0.2) is 9.78 Å². The molecule has 4 rings (SSSR count). The van der Waals surface area contributed by atoms with Crippen LogP contribution >= 0.6 is 11.3 Å². The van der Waals surface area contributed by atoms with Gasteiger partial charge in [0.1, 0.15) is 22.5 Å². The zero-order chi connectivity index (χ0) is 20.4. The van der Waals surface area contributed by atoms with Crippen LogP contribution in [0.5, 0.6) is 5.75 Å². The highest BCUT2D eigenvalue weighted by atomic mass is 32.1. The number of thiophene rings is 1. The minimum absolute atomic E-state index is 0.157. The molecule has 10 heteroatoms. The Bertz CT molecular complexity index is 1080. The van der Waals surface area contributed by atoms with Gasteiger partial charge in [-0.3, -0.25) is 0 Å². The number of anilines is 3. The van der Waals surface area contributed by atoms with Crippen molar-refractivity contribution in [2.75, 3.05) is 49.2 Å². The van der Waals surface area contributed by atoms with E-state index in [1.165, 1.54) is 11.3 Å². The highest BCUT2D eigenvalue weighted by Crippen LogP contribution is 2.32. The minimum Gasteiger partial charge on any atom is -0.497 e. The molecule has 0 bridgehead atoms. The number of carbonyl (C=O) groups is 1. The molecule has 9 nitrogen and oxygen atoms in total. The molecule has 0 unspecified atom stereocenters. The number of hydrogen-bond donors (Lipinski definition) is 2. The summed E-state index contributed by atoms with van der Waals surface area (Å²) in [6.07, 6.45) is 0. The first-order valence-electron chi connectivity index (χ1n) is 8.99. The Morgan fingerprint density at radius 3 is 2.62 bits per heavy atom. The third-order valence-electron chi connectivity index (χ3n) is 4.76. The van der Waals surface area contributed by atoms with Crippen molar-refractivity contribution in [3.63, 3.8) is 0 Å². The first-order valence-corrected chi connectivity index (χ1v) is 9.86. The number of aromatic nitrogens is 2. The third kappa shape index (κ3) is 3.72. The Morgan fingerprint density at radius 2 is 1.97 bits per heavy atom. The van der Waals surface area contributed by atoms with Crippen LogP contribution in [0.25, 0.3) is 10.2 Å². The molecule has 1 aliphatic heterocycles. The van der Waals surface area contributed by atoms with Crippen molar-refractivity contribution in [1.82, 2.24) is 14.9 Å². The summed E-state index contributed by atoms with van der Waals surface area (Å²) >= 11 is 1.38. The zero-order valence-corrected chi connectivity index (χ0v) is 16.6. The van der Waals surface area contributed by atoms with E-state index >= 15 is 0 Å². The predicted molar refractivity (Wildman–Crippen MR) is 112 cm³/mol. The number of nitrogens with two attached hydrogens (primary N) is 1. The second kappa shape index (κ2) is 7.81. The van der Waals surface area contributed by atoms with Crippen LogP contribution < -0.4 is 20.7 Å². The van der Waals surface area contributed by atoms with E-state index in [-0.39, 0.29) is 12.0 Å². The number of rotatable bonds is 3. The van der Waals surface area contributed by atoms with E-state index in [4.69, 9.17) is 10.5 Å². The first kappa shape index (κ1) is 18.8. The molecule has 0 saturated carbocycles. The van der Waals surface area contributed by atoms with Crippen LogP contribution in [0.15, 0.2) is 29.6 Å². The summed E-state index contributed by atoms with van der Waals surface area (Å²) in [4.78, 5) is 25.7. The molecule has 1 fully saturated rings. The largest absolute Gasteiger partial charge is 0.497 e. The molecule has 1 aromatic carbocycles. The van der Waals surface area contributed by atoms with E-state index in [0.29, 0.717) is 48.1 Å². The summed E-state index contributed by atoms with van der Waals surface area (Å²) in [6, 6.07) is 9.23. The number of urea groups is 1. The molecule has 0 spiro atoms. The zero-order valence-electron chi connectivity index (χ0n) is 15.8. The molecular weight excluding hydrogens is 390 g/mol. The summed E-state index contributed by atoms with van der Waals surface area (Å²) in [5.41, 5.74) is 7.11. The highest BCUT2D eigenvalue weighted by Gasteiger charge is 2.25. The van der Waals surface area contributed by atoms with Gasteiger partial charge in [-0.15, -0.1) is 11.3 Å². The van der Waals surface area contributed by atoms with Crippen molar-refractivity contribution >= 4 is 45.0 Å². The third-order valence-corrected chi connectivity index (χ3v) is 5.63. The standard InChI is InChI=1S/C19H19N7O2S/c1-28-14-4-2-13(3-5-14)22-19(27)26-8-6-25(7-9-26)16-15-12(10-20)11-29-17(15)24-18(21)23-16/h2-5,11H,6-9H2,1H3,(H,22,27)(H2,21,23,24). The van der Waals surface area contributed by atoms with Gasteiger partial charge in [-0.2, -0.15) is 10.2 Å². The summed E-state index contributed by atoms with van der Waals surface area (Å²) in [7, 11) is 1.60. The van der Waals surface area contributed by atoms with E-state index < -0.39 is 0 Å². The number of fused-ring (bicyclic) bond motifs is 1. The van der Waals surface area contributed by atoms with E-state index in [9.17, 15) is 10.1 Å². The second-order valence-corrected chi connectivity index (χ2v) is 7.34. The van der Waals surface area contributed by atoms with Gasteiger partial charge in [0.15, 0.2) is 0 Å². The van der Waals surface area contributed by atoms with E-state index in [0.717, 1.165) is 11.1 Å². The number of nitrogens with one attached hydrogen (secondary N) is 1. The molecule has 2 amide bonds.